The Morgan fingerprint density at radius 2 is 2.04 bits per heavy atom. The van der Waals surface area contributed by atoms with Crippen molar-refractivity contribution in [2.45, 2.75) is 19.5 Å². The van der Waals surface area contributed by atoms with Crippen molar-refractivity contribution < 1.29 is 9.52 Å². The van der Waals surface area contributed by atoms with Gasteiger partial charge >= 0.3 is 5.63 Å². The van der Waals surface area contributed by atoms with Crippen LogP contribution < -0.4 is 5.63 Å². The molecule has 0 spiro atoms. The predicted molar refractivity (Wildman–Crippen MR) is 104 cm³/mol. The summed E-state index contributed by atoms with van der Waals surface area (Å²) in [6.07, 6.45) is 0. The van der Waals surface area contributed by atoms with Gasteiger partial charge in [-0.2, -0.15) is 0 Å². The lowest BCUT2D eigenvalue weighted by atomic mass is 10.1. The Morgan fingerprint density at radius 1 is 1.23 bits per heavy atom. The molecule has 0 amide bonds. The van der Waals surface area contributed by atoms with Crippen LogP contribution in [0.4, 0.5) is 0 Å². The van der Waals surface area contributed by atoms with Gasteiger partial charge in [-0.1, -0.05) is 12.1 Å². The molecule has 2 aromatic carbocycles. The predicted octanol–water partition coefficient (Wildman–Crippen LogP) is 4.30. The first-order valence-electron chi connectivity index (χ1n) is 8.33. The number of aromatic nitrogens is 1. The molecule has 0 aliphatic heterocycles. The van der Waals surface area contributed by atoms with E-state index in [9.17, 15) is 9.90 Å². The second-order valence-corrected chi connectivity index (χ2v) is 7.44. The molecule has 5 nitrogen and oxygen atoms in total. The highest BCUT2D eigenvalue weighted by atomic mass is 32.1. The Balaban J connectivity index is 1.66. The van der Waals surface area contributed by atoms with Crippen LogP contribution in [0.1, 0.15) is 23.5 Å². The summed E-state index contributed by atoms with van der Waals surface area (Å²) >= 11 is 1.69. The molecular formula is C20H18N2O3S. The zero-order valence-electron chi connectivity index (χ0n) is 14.5. The molecule has 0 aliphatic carbocycles. The highest BCUT2D eigenvalue weighted by Gasteiger charge is 2.18. The minimum atomic E-state index is -0.417. The Hall–Kier alpha value is -2.70. The van der Waals surface area contributed by atoms with Crippen LogP contribution >= 0.6 is 11.3 Å². The van der Waals surface area contributed by atoms with Gasteiger partial charge in [0, 0.05) is 24.1 Å². The van der Waals surface area contributed by atoms with Gasteiger partial charge in [-0.25, -0.2) is 9.78 Å². The number of hydrogen-bond donors (Lipinski definition) is 1. The molecule has 1 N–H and O–H groups in total. The van der Waals surface area contributed by atoms with Gasteiger partial charge in [0.1, 0.15) is 16.3 Å². The maximum Gasteiger partial charge on any atom is 0.336 e. The summed E-state index contributed by atoms with van der Waals surface area (Å²) in [6.45, 7) is 2.68. The lowest BCUT2D eigenvalue weighted by Gasteiger charge is -2.23. The van der Waals surface area contributed by atoms with E-state index in [-0.39, 0.29) is 11.8 Å². The minimum Gasteiger partial charge on any atom is -0.508 e. The number of thiazole rings is 1. The molecule has 26 heavy (non-hydrogen) atoms. The molecule has 0 saturated heterocycles. The van der Waals surface area contributed by atoms with E-state index in [1.165, 1.54) is 16.8 Å². The van der Waals surface area contributed by atoms with Gasteiger partial charge in [0.2, 0.25) is 0 Å². The Labute approximate surface area is 154 Å². The van der Waals surface area contributed by atoms with Crippen molar-refractivity contribution in [2.24, 2.45) is 0 Å². The van der Waals surface area contributed by atoms with Crippen molar-refractivity contribution >= 4 is 32.5 Å². The van der Waals surface area contributed by atoms with Crippen LogP contribution in [-0.2, 0) is 6.54 Å². The summed E-state index contributed by atoms with van der Waals surface area (Å²) < 4.78 is 6.38. The first kappa shape index (κ1) is 16.8. The van der Waals surface area contributed by atoms with Gasteiger partial charge in [0.25, 0.3) is 0 Å². The highest BCUT2D eigenvalue weighted by molar-refractivity contribution is 7.18. The molecule has 0 aliphatic rings. The second kappa shape index (κ2) is 6.55. The number of phenolic OH excluding ortho intramolecular Hbond substituents is 1. The molecule has 2 aromatic heterocycles. The third-order valence-electron chi connectivity index (χ3n) is 4.56. The summed E-state index contributed by atoms with van der Waals surface area (Å²) in [5.41, 5.74) is 1.86. The highest BCUT2D eigenvalue weighted by Crippen LogP contribution is 2.30. The number of benzene rings is 2. The summed E-state index contributed by atoms with van der Waals surface area (Å²) in [7, 11) is 2.01. The summed E-state index contributed by atoms with van der Waals surface area (Å²) in [5.74, 6) is 0.0778. The number of nitrogens with zero attached hydrogens (tertiary/aromatic N) is 2. The quantitative estimate of drug-likeness (QED) is 0.546. The number of hydrogen-bond acceptors (Lipinski definition) is 6. The zero-order chi connectivity index (χ0) is 18.3. The van der Waals surface area contributed by atoms with Gasteiger partial charge in [-0.3, -0.25) is 4.90 Å². The van der Waals surface area contributed by atoms with Crippen LogP contribution in [0.5, 0.6) is 5.75 Å². The SMILES string of the molecule is C[C@H](c1nc2ccccc2s1)N(C)Cc1cc(=O)oc2cc(O)ccc12. The number of para-hydroxylation sites is 1. The van der Waals surface area contributed by atoms with E-state index in [0.29, 0.717) is 12.1 Å². The first-order chi connectivity index (χ1) is 12.5. The number of phenols is 1. The van der Waals surface area contributed by atoms with Crippen LogP contribution in [0, 0.1) is 0 Å². The molecule has 0 unspecified atom stereocenters. The molecule has 6 heteroatoms. The maximum atomic E-state index is 11.9. The molecule has 1 atom stereocenters. The first-order valence-corrected chi connectivity index (χ1v) is 9.14. The van der Waals surface area contributed by atoms with Gasteiger partial charge in [-0.15, -0.1) is 11.3 Å². The largest absolute Gasteiger partial charge is 0.508 e. The van der Waals surface area contributed by atoms with Crippen LogP contribution in [0.2, 0.25) is 0 Å². The topological polar surface area (TPSA) is 66.6 Å². The number of fused-ring (bicyclic) bond motifs is 2. The summed E-state index contributed by atoms with van der Waals surface area (Å²) in [6, 6.07) is 14.6. The smallest absolute Gasteiger partial charge is 0.336 e. The Bertz CT molecular complexity index is 1120. The maximum absolute atomic E-state index is 11.9. The van der Waals surface area contributed by atoms with E-state index in [2.05, 4.69) is 17.9 Å². The summed E-state index contributed by atoms with van der Waals surface area (Å²) in [5, 5.41) is 11.5. The van der Waals surface area contributed by atoms with E-state index in [0.717, 1.165) is 21.5 Å². The Morgan fingerprint density at radius 3 is 2.85 bits per heavy atom. The van der Waals surface area contributed by atoms with Crippen molar-refractivity contribution in [2.75, 3.05) is 7.05 Å². The minimum absolute atomic E-state index is 0.0778. The molecule has 0 fully saturated rings. The molecular weight excluding hydrogens is 348 g/mol. The third kappa shape index (κ3) is 3.09. The standard InChI is InChI=1S/C20H18N2O3S/c1-12(20-21-16-5-3-4-6-18(16)26-20)22(2)11-13-9-19(24)25-17-10-14(23)7-8-15(13)17/h3-10,12,23H,11H2,1-2H3/t12-/m1/s1. The molecule has 0 saturated carbocycles. The lowest BCUT2D eigenvalue weighted by Crippen LogP contribution is -2.22. The van der Waals surface area contributed by atoms with E-state index in [4.69, 9.17) is 9.40 Å². The van der Waals surface area contributed by atoms with Crippen LogP contribution in [0.25, 0.3) is 21.2 Å². The monoisotopic (exact) mass is 366 g/mol. The molecule has 4 aromatic rings. The fourth-order valence-electron chi connectivity index (χ4n) is 3.01. The average molecular weight is 366 g/mol. The van der Waals surface area contributed by atoms with Crippen molar-refractivity contribution in [3.05, 3.63) is 69.5 Å². The fourth-order valence-corrected chi connectivity index (χ4v) is 4.10. The van der Waals surface area contributed by atoms with E-state index >= 15 is 0 Å². The number of aromatic hydroxyl groups is 1. The Kier molecular flexibility index (Phi) is 4.22. The van der Waals surface area contributed by atoms with Crippen molar-refractivity contribution in [1.82, 2.24) is 9.88 Å². The van der Waals surface area contributed by atoms with E-state index in [1.54, 1.807) is 23.5 Å². The van der Waals surface area contributed by atoms with E-state index < -0.39 is 5.63 Å². The second-order valence-electron chi connectivity index (χ2n) is 6.38. The van der Waals surface area contributed by atoms with Crippen LogP contribution in [0.3, 0.4) is 0 Å². The summed E-state index contributed by atoms with van der Waals surface area (Å²) in [4.78, 5) is 18.8. The van der Waals surface area contributed by atoms with Crippen LogP contribution in [-0.4, -0.2) is 22.0 Å². The fraction of sp³-hybridized carbons (Fsp3) is 0.200. The van der Waals surface area contributed by atoms with Crippen LogP contribution in [0.15, 0.2) is 57.7 Å². The van der Waals surface area contributed by atoms with Crippen molar-refractivity contribution in [1.29, 1.82) is 0 Å². The van der Waals surface area contributed by atoms with E-state index in [1.807, 2.05) is 25.2 Å². The number of rotatable bonds is 4. The van der Waals surface area contributed by atoms with Gasteiger partial charge < -0.3 is 9.52 Å². The normalized spacial score (nSPS) is 12.9. The van der Waals surface area contributed by atoms with Gasteiger partial charge in [0.15, 0.2) is 0 Å². The molecule has 0 bridgehead atoms. The zero-order valence-corrected chi connectivity index (χ0v) is 15.3. The van der Waals surface area contributed by atoms with Crippen molar-refractivity contribution in [3.63, 3.8) is 0 Å². The van der Waals surface area contributed by atoms with Gasteiger partial charge in [-0.05, 0) is 43.8 Å². The van der Waals surface area contributed by atoms with Crippen molar-refractivity contribution in [3.8, 4) is 5.75 Å². The molecule has 132 valence electrons. The molecule has 0 radical (unpaired) electrons. The average Bonchev–Trinajstić information content (AvgIpc) is 3.04. The van der Waals surface area contributed by atoms with Gasteiger partial charge in [0.05, 0.1) is 16.3 Å². The lowest BCUT2D eigenvalue weighted by molar-refractivity contribution is 0.253. The third-order valence-corrected chi connectivity index (χ3v) is 5.77. The molecule has 4 rings (SSSR count). The molecule has 2 heterocycles.